The summed E-state index contributed by atoms with van der Waals surface area (Å²) in [6.07, 6.45) is 4.57. The molecular weight excluding hydrogens is 252 g/mol. The second-order valence-electron chi connectivity index (χ2n) is 5.10. The van der Waals surface area contributed by atoms with E-state index < -0.39 is 0 Å². The minimum absolute atomic E-state index is 0.672. The molecule has 5 heteroatoms. The Morgan fingerprint density at radius 3 is 3.00 bits per heavy atom. The lowest BCUT2D eigenvalue weighted by Crippen LogP contribution is -2.15. The summed E-state index contributed by atoms with van der Waals surface area (Å²) in [5, 5.41) is 11.8. The molecule has 106 valence electrons. The van der Waals surface area contributed by atoms with Crippen LogP contribution in [0, 0.1) is 0 Å². The Bertz CT molecular complexity index is 563. The van der Waals surface area contributed by atoms with Crippen LogP contribution in [0.4, 0.5) is 0 Å². The lowest BCUT2D eigenvalue weighted by Gasteiger charge is -2.09. The van der Waals surface area contributed by atoms with Gasteiger partial charge in [0.05, 0.1) is 25.0 Å². The molecule has 1 aliphatic rings. The van der Waals surface area contributed by atoms with Crippen molar-refractivity contribution < 1.29 is 4.74 Å². The molecule has 1 saturated carbocycles. The Kier molecular flexibility index (Phi) is 3.97. The third kappa shape index (κ3) is 3.36. The van der Waals surface area contributed by atoms with Crippen LogP contribution in [-0.4, -0.2) is 27.6 Å². The minimum atomic E-state index is 0.672. The number of nitrogens with zero attached hydrogens (tertiary/aromatic N) is 3. The number of benzene rings is 1. The summed E-state index contributed by atoms with van der Waals surface area (Å²) >= 11 is 0. The van der Waals surface area contributed by atoms with Crippen LogP contribution in [0.2, 0.25) is 0 Å². The highest BCUT2D eigenvalue weighted by atomic mass is 16.5. The van der Waals surface area contributed by atoms with Gasteiger partial charge in [-0.05, 0) is 25.8 Å². The molecule has 0 unspecified atom stereocenters. The van der Waals surface area contributed by atoms with Crippen LogP contribution in [0.25, 0.3) is 0 Å². The summed E-state index contributed by atoms with van der Waals surface area (Å²) in [5.74, 6) is 0.920. The van der Waals surface area contributed by atoms with Gasteiger partial charge in [-0.25, -0.2) is 4.68 Å². The lowest BCUT2D eigenvalue weighted by molar-refractivity contribution is 0.335. The minimum Gasteiger partial charge on any atom is -0.494 e. The van der Waals surface area contributed by atoms with Gasteiger partial charge in [0, 0.05) is 18.2 Å². The molecule has 0 amide bonds. The fourth-order valence-electron chi connectivity index (χ4n) is 2.14. The first-order valence-corrected chi connectivity index (χ1v) is 7.18. The van der Waals surface area contributed by atoms with Crippen LogP contribution in [0.3, 0.4) is 0 Å². The molecule has 1 N–H and O–H groups in total. The van der Waals surface area contributed by atoms with Gasteiger partial charge in [0.2, 0.25) is 0 Å². The maximum Gasteiger partial charge on any atom is 0.124 e. The summed E-state index contributed by atoms with van der Waals surface area (Å²) in [5.41, 5.74) is 2.12. The Labute approximate surface area is 118 Å². The van der Waals surface area contributed by atoms with Gasteiger partial charge in [0.25, 0.3) is 0 Å². The van der Waals surface area contributed by atoms with Gasteiger partial charge in [-0.2, -0.15) is 0 Å². The van der Waals surface area contributed by atoms with Crippen LogP contribution in [0.1, 0.15) is 31.0 Å². The third-order valence-corrected chi connectivity index (χ3v) is 3.34. The first kappa shape index (κ1) is 13.1. The fraction of sp³-hybridized carbons (Fsp3) is 0.467. The Hall–Kier alpha value is -1.88. The molecule has 0 spiro atoms. The molecule has 0 radical (unpaired) electrons. The zero-order chi connectivity index (χ0) is 13.8. The molecule has 5 nitrogen and oxygen atoms in total. The SMILES string of the molecule is CCOc1ccccc1Cn1cc(CNC2CC2)nn1. The van der Waals surface area contributed by atoms with Crippen LogP contribution in [0.5, 0.6) is 5.75 Å². The van der Waals surface area contributed by atoms with E-state index in [1.165, 1.54) is 12.8 Å². The zero-order valence-electron chi connectivity index (χ0n) is 11.7. The second kappa shape index (κ2) is 6.05. The zero-order valence-corrected chi connectivity index (χ0v) is 11.7. The summed E-state index contributed by atoms with van der Waals surface area (Å²) in [6.45, 7) is 4.16. The summed E-state index contributed by atoms with van der Waals surface area (Å²) in [7, 11) is 0. The van der Waals surface area contributed by atoms with Gasteiger partial charge in [-0.1, -0.05) is 23.4 Å². The average Bonchev–Trinajstić information content (AvgIpc) is 3.19. The van der Waals surface area contributed by atoms with Crippen molar-refractivity contribution >= 4 is 0 Å². The molecule has 20 heavy (non-hydrogen) atoms. The average molecular weight is 272 g/mol. The van der Waals surface area contributed by atoms with Crippen molar-refractivity contribution in [3.8, 4) is 5.75 Å². The Balaban J connectivity index is 1.64. The van der Waals surface area contributed by atoms with E-state index in [0.29, 0.717) is 19.2 Å². The molecular formula is C15H20N4O. The highest BCUT2D eigenvalue weighted by molar-refractivity contribution is 5.33. The summed E-state index contributed by atoms with van der Waals surface area (Å²) in [4.78, 5) is 0. The van der Waals surface area contributed by atoms with E-state index in [4.69, 9.17) is 4.74 Å². The van der Waals surface area contributed by atoms with Gasteiger partial charge < -0.3 is 10.1 Å². The van der Waals surface area contributed by atoms with Crippen molar-refractivity contribution in [1.29, 1.82) is 0 Å². The quantitative estimate of drug-likeness (QED) is 0.837. The first-order chi connectivity index (χ1) is 9.85. The van der Waals surface area contributed by atoms with Gasteiger partial charge in [0.1, 0.15) is 5.75 Å². The van der Waals surface area contributed by atoms with Crippen molar-refractivity contribution in [1.82, 2.24) is 20.3 Å². The van der Waals surface area contributed by atoms with Crippen LogP contribution in [-0.2, 0) is 13.1 Å². The van der Waals surface area contributed by atoms with E-state index >= 15 is 0 Å². The van der Waals surface area contributed by atoms with Crippen LogP contribution >= 0.6 is 0 Å². The summed E-state index contributed by atoms with van der Waals surface area (Å²) in [6, 6.07) is 8.75. The van der Waals surface area contributed by atoms with Crippen molar-refractivity contribution in [3.05, 3.63) is 41.7 Å². The first-order valence-electron chi connectivity index (χ1n) is 7.18. The molecule has 0 atom stereocenters. The number of hydrogen-bond acceptors (Lipinski definition) is 4. The fourth-order valence-corrected chi connectivity index (χ4v) is 2.14. The maximum atomic E-state index is 5.63. The maximum absolute atomic E-state index is 5.63. The molecule has 0 aliphatic heterocycles. The molecule has 1 aliphatic carbocycles. The largest absolute Gasteiger partial charge is 0.494 e. The van der Waals surface area contributed by atoms with E-state index in [1.807, 2.05) is 36.0 Å². The normalized spacial score (nSPS) is 14.4. The highest BCUT2D eigenvalue weighted by Crippen LogP contribution is 2.20. The standard InChI is InChI=1S/C15H20N4O/c1-2-20-15-6-4-3-5-12(15)10-19-11-14(17-18-19)9-16-13-7-8-13/h3-6,11,13,16H,2,7-10H2,1H3. The van der Waals surface area contributed by atoms with Crippen LogP contribution in [0.15, 0.2) is 30.5 Å². The van der Waals surface area contributed by atoms with Gasteiger partial charge >= 0.3 is 0 Å². The number of hydrogen-bond donors (Lipinski definition) is 1. The smallest absolute Gasteiger partial charge is 0.124 e. The monoisotopic (exact) mass is 272 g/mol. The van der Waals surface area contributed by atoms with Crippen LogP contribution < -0.4 is 10.1 Å². The van der Waals surface area contributed by atoms with E-state index in [9.17, 15) is 0 Å². The molecule has 1 fully saturated rings. The van der Waals surface area contributed by atoms with E-state index in [2.05, 4.69) is 21.7 Å². The molecule has 0 saturated heterocycles. The number of aromatic nitrogens is 3. The van der Waals surface area contributed by atoms with Crippen molar-refractivity contribution in [2.24, 2.45) is 0 Å². The Morgan fingerprint density at radius 1 is 1.35 bits per heavy atom. The number of ether oxygens (including phenoxy) is 1. The van der Waals surface area contributed by atoms with E-state index in [-0.39, 0.29) is 0 Å². The molecule has 1 aromatic carbocycles. The van der Waals surface area contributed by atoms with E-state index in [1.54, 1.807) is 0 Å². The highest BCUT2D eigenvalue weighted by Gasteiger charge is 2.20. The molecule has 3 rings (SSSR count). The molecule has 2 aromatic rings. The van der Waals surface area contributed by atoms with Gasteiger partial charge in [-0.3, -0.25) is 0 Å². The van der Waals surface area contributed by atoms with E-state index in [0.717, 1.165) is 23.6 Å². The molecule has 1 aromatic heterocycles. The van der Waals surface area contributed by atoms with Crippen molar-refractivity contribution in [2.45, 2.75) is 38.9 Å². The number of nitrogens with one attached hydrogen (secondary N) is 1. The van der Waals surface area contributed by atoms with Crippen molar-refractivity contribution in [3.63, 3.8) is 0 Å². The molecule has 0 bridgehead atoms. The van der Waals surface area contributed by atoms with Gasteiger partial charge in [0.15, 0.2) is 0 Å². The lowest BCUT2D eigenvalue weighted by atomic mass is 10.2. The molecule has 1 heterocycles. The predicted octanol–water partition coefficient (Wildman–Crippen LogP) is 1.98. The number of rotatable bonds is 7. The third-order valence-electron chi connectivity index (χ3n) is 3.34. The van der Waals surface area contributed by atoms with Crippen molar-refractivity contribution in [2.75, 3.05) is 6.61 Å². The second-order valence-corrected chi connectivity index (χ2v) is 5.10. The number of para-hydroxylation sites is 1. The predicted molar refractivity (Wildman–Crippen MR) is 76.6 cm³/mol. The summed E-state index contributed by atoms with van der Waals surface area (Å²) < 4.78 is 7.49. The topological polar surface area (TPSA) is 52.0 Å². The van der Waals surface area contributed by atoms with Gasteiger partial charge in [-0.15, -0.1) is 5.10 Å². The Morgan fingerprint density at radius 2 is 2.20 bits per heavy atom.